The van der Waals surface area contributed by atoms with E-state index >= 15 is 0 Å². The van der Waals surface area contributed by atoms with Gasteiger partial charge in [0.15, 0.2) is 6.29 Å². The molecule has 1 aromatic heterocycles. The number of hydrogen-bond donors (Lipinski definition) is 1. The van der Waals surface area contributed by atoms with Crippen molar-refractivity contribution in [2.45, 2.75) is 0 Å². The largest absolute Gasteiger partial charge is 0.351 e. The third-order valence-electron chi connectivity index (χ3n) is 3.18. The Hall–Kier alpha value is -2.63. The van der Waals surface area contributed by atoms with Gasteiger partial charge in [-0.2, -0.15) is 0 Å². The molecular weight excluding hydrogens is 286 g/mol. The molecule has 0 amide bonds. The molecule has 0 unspecified atom stereocenters. The highest BCUT2D eigenvalue weighted by molar-refractivity contribution is 6.04. The molecule has 3 aromatic rings. The van der Waals surface area contributed by atoms with Crippen molar-refractivity contribution < 1.29 is 22.4 Å². The Balaban J connectivity index is 2.37. The van der Waals surface area contributed by atoms with Crippen LogP contribution in [0.4, 0.5) is 17.6 Å². The number of halogens is 4. The fourth-order valence-corrected chi connectivity index (χ4v) is 2.27. The molecule has 0 spiro atoms. The van der Waals surface area contributed by atoms with E-state index in [-0.39, 0.29) is 27.7 Å². The summed E-state index contributed by atoms with van der Waals surface area (Å²) < 4.78 is 53.7. The molecule has 106 valence electrons. The molecule has 0 bridgehead atoms. The number of rotatable bonds is 2. The Bertz CT molecular complexity index is 870. The molecule has 2 nitrogen and oxygen atoms in total. The number of aromatic nitrogens is 1. The van der Waals surface area contributed by atoms with E-state index < -0.39 is 23.3 Å². The maximum Gasteiger partial charge on any atom is 0.152 e. The minimum atomic E-state index is -0.912. The summed E-state index contributed by atoms with van der Waals surface area (Å²) in [7, 11) is 0. The standard InChI is InChI=1S/C15H7F4NO/c16-7-1-2-9(12(18)4-7)14-11(6-21)10-3-8(17)5-13(19)15(10)20-14/h1-6,20H. The smallest absolute Gasteiger partial charge is 0.152 e. The van der Waals surface area contributed by atoms with Crippen molar-refractivity contribution in [3.63, 3.8) is 0 Å². The van der Waals surface area contributed by atoms with Gasteiger partial charge in [0.1, 0.15) is 23.3 Å². The number of hydrogen-bond acceptors (Lipinski definition) is 1. The van der Waals surface area contributed by atoms with Gasteiger partial charge < -0.3 is 4.98 Å². The lowest BCUT2D eigenvalue weighted by Crippen LogP contribution is -1.90. The van der Waals surface area contributed by atoms with Crippen LogP contribution >= 0.6 is 0 Å². The molecule has 1 heterocycles. The fourth-order valence-electron chi connectivity index (χ4n) is 2.27. The van der Waals surface area contributed by atoms with E-state index in [0.29, 0.717) is 18.4 Å². The summed E-state index contributed by atoms with van der Waals surface area (Å²) in [6.07, 6.45) is 0.371. The van der Waals surface area contributed by atoms with Crippen LogP contribution in [0.25, 0.3) is 22.2 Å². The summed E-state index contributed by atoms with van der Waals surface area (Å²) in [6.45, 7) is 0. The predicted molar refractivity (Wildman–Crippen MR) is 69.0 cm³/mol. The highest BCUT2D eigenvalue weighted by atomic mass is 19.1. The molecular formula is C15H7F4NO. The van der Waals surface area contributed by atoms with Gasteiger partial charge in [-0.1, -0.05) is 0 Å². The van der Waals surface area contributed by atoms with Gasteiger partial charge in [-0.15, -0.1) is 0 Å². The Morgan fingerprint density at radius 2 is 1.62 bits per heavy atom. The first-order valence-corrected chi connectivity index (χ1v) is 5.92. The summed E-state index contributed by atoms with van der Waals surface area (Å²) in [6, 6.07) is 4.40. The van der Waals surface area contributed by atoms with Gasteiger partial charge in [-0.25, -0.2) is 17.6 Å². The molecule has 3 rings (SSSR count). The number of benzene rings is 2. The number of aromatic amines is 1. The first-order valence-electron chi connectivity index (χ1n) is 5.92. The SMILES string of the molecule is O=Cc1c(-c2ccc(F)cc2F)[nH]c2c(F)cc(F)cc12. The summed E-state index contributed by atoms with van der Waals surface area (Å²) in [5.74, 6) is -3.45. The average molecular weight is 293 g/mol. The number of H-pyrrole nitrogens is 1. The van der Waals surface area contributed by atoms with Crippen LogP contribution in [0.3, 0.4) is 0 Å². The Morgan fingerprint density at radius 3 is 2.29 bits per heavy atom. The zero-order valence-corrected chi connectivity index (χ0v) is 10.4. The van der Waals surface area contributed by atoms with Crippen LogP contribution in [0, 0.1) is 23.3 Å². The van der Waals surface area contributed by atoms with Crippen molar-refractivity contribution in [2.75, 3.05) is 0 Å². The molecule has 0 radical (unpaired) electrons. The Kier molecular flexibility index (Phi) is 3.01. The Labute approximate surface area is 116 Å². The second-order valence-corrected chi connectivity index (χ2v) is 4.47. The molecule has 0 saturated carbocycles. The van der Waals surface area contributed by atoms with Gasteiger partial charge >= 0.3 is 0 Å². The van der Waals surface area contributed by atoms with E-state index in [1.165, 1.54) is 0 Å². The third kappa shape index (κ3) is 2.08. The van der Waals surface area contributed by atoms with Crippen LogP contribution in [0.2, 0.25) is 0 Å². The predicted octanol–water partition coefficient (Wildman–Crippen LogP) is 4.20. The van der Waals surface area contributed by atoms with Crippen molar-refractivity contribution >= 4 is 17.2 Å². The van der Waals surface area contributed by atoms with Crippen molar-refractivity contribution in [3.8, 4) is 11.3 Å². The first kappa shape index (κ1) is 13.4. The van der Waals surface area contributed by atoms with E-state index in [4.69, 9.17) is 0 Å². The van der Waals surface area contributed by atoms with Crippen LogP contribution < -0.4 is 0 Å². The third-order valence-corrected chi connectivity index (χ3v) is 3.18. The molecule has 0 aliphatic carbocycles. The number of nitrogens with one attached hydrogen (secondary N) is 1. The zero-order valence-electron chi connectivity index (χ0n) is 10.4. The normalized spacial score (nSPS) is 11.0. The highest BCUT2D eigenvalue weighted by Crippen LogP contribution is 2.32. The maximum atomic E-state index is 13.8. The van der Waals surface area contributed by atoms with Crippen LogP contribution in [0.1, 0.15) is 10.4 Å². The maximum absolute atomic E-state index is 13.8. The molecule has 21 heavy (non-hydrogen) atoms. The number of aldehydes is 1. The molecule has 1 N–H and O–H groups in total. The van der Waals surface area contributed by atoms with Gasteiger partial charge in [-0.3, -0.25) is 4.79 Å². The fraction of sp³-hybridized carbons (Fsp3) is 0. The summed E-state index contributed by atoms with van der Waals surface area (Å²) in [5.41, 5.74) is -0.331. The van der Waals surface area contributed by atoms with E-state index in [1.807, 2.05) is 0 Å². The summed E-state index contributed by atoms with van der Waals surface area (Å²) in [4.78, 5) is 13.8. The quantitative estimate of drug-likeness (QED) is 0.557. The number of carbonyl (C=O) groups is 1. The monoisotopic (exact) mass is 293 g/mol. The molecule has 2 aromatic carbocycles. The highest BCUT2D eigenvalue weighted by Gasteiger charge is 2.19. The van der Waals surface area contributed by atoms with Crippen molar-refractivity contribution in [1.82, 2.24) is 4.98 Å². The van der Waals surface area contributed by atoms with E-state index in [2.05, 4.69) is 4.98 Å². The number of carbonyl (C=O) groups excluding carboxylic acids is 1. The van der Waals surface area contributed by atoms with E-state index in [1.54, 1.807) is 0 Å². The molecule has 0 aliphatic heterocycles. The summed E-state index contributed by atoms with van der Waals surface area (Å²) >= 11 is 0. The van der Waals surface area contributed by atoms with Gasteiger partial charge in [0.2, 0.25) is 0 Å². The van der Waals surface area contributed by atoms with Gasteiger partial charge in [-0.05, 0) is 18.2 Å². The lowest BCUT2D eigenvalue weighted by molar-refractivity contribution is 0.112. The lowest BCUT2D eigenvalue weighted by Gasteiger charge is -2.02. The summed E-state index contributed by atoms with van der Waals surface area (Å²) in [5, 5.41) is 0.00113. The van der Waals surface area contributed by atoms with Gasteiger partial charge in [0, 0.05) is 28.6 Å². The topological polar surface area (TPSA) is 32.9 Å². The Morgan fingerprint density at radius 1 is 0.905 bits per heavy atom. The van der Waals surface area contributed by atoms with Crippen LogP contribution in [-0.2, 0) is 0 Å². The molecule has 0 saturated heterocycles. The van der Waals surface area contributed by atoms with E-state index in [0.717, 1.165) is 18.2 Å². The zero-order chi connectivity index (χ0) is 15.1. The molecule has 6 heteroatoms. The lowest BCUT2D eigenvalue weighted by atomic mass is 10.1. The average Bonchev–Trinajstić information content (AvgIpc) is 2.77. The van der Waals surface area contributed by atoms with Crippen molar-refractivity contribution in [1.29, 1.82) is 0 Å². The van der Waals surface area contributed by atoms with Crippen LogP contribution in [0.5, 0.6) is 0 Å². The minimum absolute atomic E-state index is 0.00113. The van der Waals surface area contributed by atoms with Gasteiger partial charge in [0.05, 0.1) is 11.2 Å². The first-order chi connectivity index (χ1) is 10.0. The van der Waals surface area contributed by atoms with Crippen molar-refractivity contribution in [2.24, 2.45) is 0 Å². The van der Waals surface area contributed by atoms with Crippen LogP contribution in [0.15, 0.2) is 30.3 Å². The molecule has 0 aliphatic rings. The second kappa shape index (κ2) is 4.73. The minimum Gasteiger partial charge on any atom is -0.351 e. The second-order valence-electron chi connectivity index (χ2n) is 4.47. The van der Waals surface area contributed by atoms with Crippen molar-refractivity contribution in [3.05, 3.63) is 59.2 Å². The number of fused-ring (bicyclic) bond motifs is 1. The molecule has 0 atom stereocenters. The van der Waals surface area contributed by atoms with Crippen LogP contribution in [-0.4, -0.2) is 11.3 Å². The van der Waals surface area contributed by atoms with Gasteiger partial charge in [0.25, 0.3) is 0 Å². The van der Waals surface area contributed by atoms with E-state index in [9.17, 15) is 22.4 Å². The molecule has 0 fully saturated rings.